The maximum absolute atomic E-state index is 12.1. The summed E-state index contributed by atoms with van der Waals surface area (Å²) < 4.78 is 46.1. The molecule has 1 aliphatic rings. The van der Waals surface area contributed by atoms with Crippen LogP contribution in [-0.2, 0) is 14.3 Å². The van der Waals surface area contributed by atoms with Gasteiger partial charge in [-0.05, 0) is 6.92 Å². The summed E-state index contributed by atoms with van der Waals surface area (Å²) in [6.07, 6.45) is -7.67. The fourth-order valence-electron chi connectivity index (χ4n) is 1.60. The van der Waals surface area contributed by atoms with Crippen molar-refractivity contribution in [2.75, 3.05) is 7.11 Å². The molecule has 0 spiro atoms. The molecule has 1 rings (SSSR count). The summed E-state index contributed by atoms with van der Waals surface area (Å²) in [5.41, 5.74) is 0. The fourth-order valence-corrected chi connectivity index (χ4v) is 1.60. The van der Waals surface area contributed by atoms with Gasteiger partial charge in [-0.15, -0.1) is 0 Å². The van der Waals surface area contributed by atoms with E-state index in [0.717, 1.165) is 0 Å². The number of rotatable bonds is 2. The Hall–Kier alpha value is -0.860. The molecule has 5 nitrogen and oxygen atoms in total. The van der Waals surface area contributed by atoms with Gasteiger partial charge >= 0.3 is 12.1 Å². The predicted molar refractivity (Wildman–Crippen MR) is 50.0 cm³/mol. The Labute approximate surface area is 95.9 Å². The highest BCUT2D eigenvalue weighted by atomic mass is 19.4. The molecule has 17 heavy (non-hydrogen) atoms. The van der Waals surface area contributed by atoms with Crippen LogP contribution in [0.5, 0.6) is 0 Å². The quantitative estimate of drug-likeness (QED) is 0.740. The largest absolute Gasteiger partial charge is 0.471 e. The Morgan fingerprint density at radius 3 is 2.59 bits per heavy atom. The zero-order chi connectivity index (χ0) is 13.2. The van der Waals surface area contributed by atoms with Crippen molar-refractivity contribution < 1.29 is 32.5 Å². The van der Waals surface area contributed by atoms with Crippen LogP contribution >= 0.6 is 0 Å². The monoisotopic (exact) mass is 257 g/mol. The van der Waals surface area contributed by atoms with Gasteiger partial charge in [0.15, 0.2) is 6.29 Å². The van der Waals surface area contributed by atoms with Crippen LogP contribution in [0.25, 0.3) is 0 Å². The minimum absolute atomic E-state index is 0.0379. The summed E-state index contributed by atoms with van der Waals surface area (Å²) in [6, 6.07) is -1.04. The minimum Gasteiger partial charge on any atom is -0.388 e. The molecule has 0 bridgehead atoms. The SMILES string of the molecule is CO[C@@H]1C[C@H](NC(=O)C(F)(F)F)[C@H](O)[C@H](C)O1. The molecule has 1 saturated heterocycles. The number of alkyl halides is 3. The first kappa shape index (κ1) is 14.2. The number of ether oxygens (including phenoxy) is 2. The molecular formula is C9H14F3NO4. The molecular weight excluding hydrogens is 243 g/mol. The molecule has 1 aliphatic heterocycles. The van der Waals surface area contributed by atoms with Crippen LogP contribution in [0.1, 0.15) is 13.3 Å². The van der Waals surface area contributed by atoms with Gasteiger partial charge < -0.3 is 19.9 Å². The molecule has 0 aromatic rings. The first-order chi connectivity index (χ1) is 7.75. The molecule has 100 valence electrons. The summed E-state index contributed by atoms with van der Waals surface area (Å²) in [7, 11) is 1.33. The van der Waals surface area contributed by atoms with E-state index in [4.69, 9.17) is 9.47 Å². The Bertz CT molecular complexity index is 284. The second-order valence-electron chi connectivity index (χ2n) is 3.81. The van der Waals surface area contributed by atoms with E-state index in [1.54, 1.807) is 5.32 Å². The molecule has 1 heterocycles. The normalized spacial score (nSPS) is 34.5. The van der Waals surface area contributed by atoms with E-state index >= 15 is 0 Å². The molecule has 4 atom stereocenters. The van der Waals surface area contributed by atoms with Crippen molar-refractivity contribution in [1.82, 2.24) is 5.32 Å². The lowest BCUT2D eigenvalue weighted by Gasteiger charge is -2.37. The summed E-state index contributed by atoms with van der Waals surface area (Å²) in [5.74, 6) is -2.08. The van der Waals surface area contributed by atoms with Gasteiger partial charge in [0, 0.05) is 13.5 Å². The van der Waals surface area contributed by atoms with Crippen molar-refractivity contribution in [3.05, 3.63) is 0 Å². The average Bonchev–Trinajstić information content (AvgIpc) is 2.22. The highest BCUT2D eigenvalue weighted by molar-refractivity contribution is 5.82. The van der Waals surface area contributed by atoms with E-state index in [-0.39, 0.29) is 6.42 Å². The maximum Gasteiger partial charge on any atom is 0.471 e. The molecule has 0 aromatic heterocycles. The second kappa shape index (κ2) is 5.19. The maximum atomic E-state index is 12.1. The van der Waals surface area contributed by atoms with Gasteiger partial charge in [0.05, 0.1) is 12.1 Å². The molecule has 8 heteroatoms. The van der Waals surface area contributed by atoms with E-state index in [9.17, 15) is 23.1 Å². The third-order valence-corrected chi connectivity index (χ3v) is 2.54. The molecule has 0 aliphatic carbocycles. The van der Waals surface area contributed by atoms with Gasteiger partial charge in [-0.2, -0.15) is 13.2 Å². The summed E-state index contributed by atoms with van der Waals surface area (Å²) in [5, 5.41) is 11.3. The lowest BCUT2D eigenvalue weighted by molar-refractivity contribution is -0.218. The van der Waals surface area contributed by atoms with E-state index in [1.165, 1.54) is 14.0 Å². The third-order valence-electron chi connectivity index (χ3n) is 2.54. The third kappa shape index (κ3) is 3.55. The summed E-state index contributed by atoms with van der Waals surface area (Å²) >= 11 is 0. The van der Waals surface area contributed by atoms with Crippen LogP contribution in [0.3, 0.4) is 0 Å². The number of amides is 1. The number of aliphatic hydroxyl groups is 1. The van der Waals surface area contributed by atoms with Gasteiger partial charge in [-0.3, -0.25) is 4.79 Å². The van der Waals surface area contributed by atoms with Gasteiger partial charge in [0.2, 0.25) is 0 Å². The van der Waals surface area contributed by atoms with Crippen molar-refractivity contribution in [2.45, 2.75) is 44.1 Å². The van der Waals surface area contributed by atoms with Crippen LogP contribution in [0.15, 0.2) is 0 Å². The summed E-state index contributed by atoms with van der Waals surface area (Å²) in [4.78, 5) is 10.8. The first-order valence-corrected chi connectivity index (χ1v) is 4.99. The lowest BCUT2D eigenvalue weighted by atomic mass is 9.99. The molecule has 1 amide bonds. The highest BCUT2D eigenvalue weighted by Crippen LogP contribution is 2.22. The predicted octanol–water partition coefficient (Wildman–Crippen LogP) is 0.176. The Morgan fingerprint density at radius 2 is 2.12 bits per heavy atom. The topological polar surface area (TPSA) is 67.8 Å². The van der Waals surface area contributed by atoms with Crippen LogP contribution in [0.2, 0.25) is 0 Å². The van der Waals surface area contributed by atoms with Gasteiger partial charge in [0.25, 0.3) is 0 Å². The fraction of sp³-hybridized carbons (Fsp3) is 0.889. The Morgan fingerprint density at radius 1 is 1.53 bits per heavy atom. The number of nitrogens with one attached hydrogen (secondary N) is 1. The van der Waals surface area contributed by atoms with Crippen LogP contribution in [-0.4, -0.2) is 48.8 Å². The van der Waals surface area contributed by atoms with Crippen molar-refractivity contribution >= 4 is 5.91 Å². The first-order valence-electron chi connectivity index (χ1n) is 4.99. The van der Waals surface area contributed by atoms with Crippen LogP contribution in [0.4, 0.5) is 13.2 Å². The second-order valence-corrected chi connectivity index (χ2v) is 3.81. The Kier molecular flexibility index (Phi) is 4.34. The zero-order valence-corrected chi connectivity index (χ0v) is 9.32. The molecule has 2 N–H and O–H groups in total. The number of hydrogen-bond acceptors (Lipinski definition) is 4. The van der Waals surface area contributed by atoms with Crippen LogP contribution in [0, 0.1) is 0 Å². The average molecular weight is 257 g/mol. The van der Waals surface area contributed by atoms with E-state index < -0.39 is 36.6 Å². The summed E-state index contributed by atoms with van der Waals surface area (Å²) in [6.45, 7) is 1.49. The van der Waals surface area contributed by atoms with E-state index in [1.807, 2.05) is 0 Å². The molecule has 0 saturated carbocycles. The lowest BCUT2D eigenvalue weighted by Crippen LogP contribution is -2.57. The van der Waals surface area contributed by atoms with Crippen molar-refractivity contribution in [2.24, 2.45) is 0 Å². The number of methoxy groups -OCH3 is 1. The minimum atomic E-state index is -4.97. The highest BCUT2D eigenvalue weighted by Gasteiger charge is 2.43. The van der Waals surface area contributed by atoms with Crippen molar-refractivity contribution in [1.29, 1.82) is 0 Å². The van der Waals surface area contributed by atoms with E-state index in [2.05, 4.69) is 0 Å². The molecule has 1 fully saturated rings. The van der Waals surface area contributed by atoms with E-state index in [0.29, 0.717) is 0 Å². The number of carbonyl (C=O) groups excluding carboxylic acids is 1. The van der Waals surface area contributed by atoms with Gasteiger partial charge in [-0.1, -0.05) is 0 Å². The Balaban J connectivity index is 2.65. The van der Waals surface area contributed by atoms with Gasteiger partial charge in [-0.25, -0.2) is 0 Å². The number of hydrogen-bond donors (Lipinski definition) is 2. The molecule has 0 unspecified atom stereocenters. The number of carbonyl (C=O) groups is 1. The number of halogens is 3. The standard InChI is InChI=1S/C9H14F3NO4/c1-4-7(14)5(3-6(16-2)17-4)13-8(15)9(10,11)12/h4-7,14H,3H2,1-2H3,(H,13,15)/t4-,5-,6-,7+/m0/s1. The van der Waals surface area contributed by atoms with Crippen molar-refractivity contribution in [3.8, 4) is 0 Å². The zero-order valence-electron chi connectivity index (χ0n) is 9.32. The van der Waals surface area contributed by atoms with Gasteiger partial charge in [0.1, 0.15) is 6.10 Å². The van der Waals surface area contributed by atoms with Crippen molar-refractivity contribution in [3.63, 3.8) is 0 Å². The van der Waals surface area contributed by atoms with Crippen LogP contribution < -0.4 is 5.32 Å². The smallest absolute Gasteiger partial charge is 0.388 e. The number of aliphatic hydroxyl groups excluding tert-OH is 1. The molecule has 0 radical (unpaired) electrons. The molecule has 0 aromatic carbocycles.